The number of imidazole rings is 1. The van der Waals surface area contributed by atoms with Crippen molar-refractivity contribution in [1.82, 2.24) is 29.8 Å². The van der Waals surface area contributed by atoms with Crippen LogP contribution in [0.15, 0.2) is 23.9 Å². The van der Waals surface area contributed by atoms with E-state index < -0.39 is 5.97 Å². The van der Waals surface area contributed by atoms with E-state index in [1.807, 2.05) is 10.8 Å². The number of aryl methyl sites for hydroxylation is 1. The van der Waals surface area contributed by atoms with E-state index in [-0.39, 0.29) is 6.54 Å². The minimum atomic E-state index is -0.956. The summed E-state index contributed by atoms with van der Waals surface area (Å²) < 4.78 is 3.27. The van der Waals surface area contributed by atoms with Gasteiger partial charge < -0.3 is 9.67 Å². The first-order valence-corrected chi connectivity index (χ1v) is 6.31. The summed E-state index contributed by atoms with van der Waals surface area (Å²) in [6.45, 7) is 0.657. The molecule has 0 amide bonds. The second-order valence-electron chi connectivity index (χ2n) is 3.52. The van der Waals surface area contributed by atoms with Crippen molar-refractivity contribution in [1.29, 1.82) is 0 Å². The molecule has 2 rings (SSSR count). The van der Waals surface area contributed by atoms with Gasteiger partial charge in [0.25, 0.3) is 0 Å². The van der Waals surface area contributed by atoms with Gasteiger partial charge in [-0.1, -0.05) is 11.8 Å². The second-order valence-corrected chi connectivity index (χ2v) is 4.58. The lowest BCUT2D eigenvalue weighted by molar-refractivity contribution is -0.138. The van der Waals surface area contributed by atoms with Gasteiger partial charge in [0.15, 0.2) is 0 Å². The molecule has 0 bridgehead atoms. The van der Waals surface area contributed by atoms with E-state index in [0.717, 1.165) is 18.7 Å². The maximum Gasteiger partial charge on any atom is 0.325 e. The van der Waals surface area contributed by atoms with E-state index in [1.54, 1.807) is 12.5 Å². The zero-order chi connectivity index (χ0) is 12.8. The Kier molecular flexibility index (Phi) is 4.29. The number of hydrogen-bond acceptors (Lipinski definition) is 6. The lowest BCUT2D eigenvalue weighted by Crippen LogP contribution is -2.11. The van der Waals surface area contributed by atoms with Gasteiger partial charge in [0.05, 0.1) is 6.33 Å². The molecule has 9 heteroatoms. The monoisotopic (exact) mass is 268 g/mol. The summed E-state index contributed by atoms with van der Waals surface area (Å²) in [5.41, 5.74) is 0. The number of aliphatic carboxylic acids is 1. The fraction of sp³-hybridized carbons (Fsp3) is 0.444. The van der Waals surface area contributed by atoms with E-state index in [2.05, 4.69) is 20.5 Å². The minimum absolute atomic E-state index is 0.211. The van der Waals surface area contributed by atoms with Crippen LogP contribution in [0.25, 0.3) is 0 Å². The van der Waals surface area contributed by atoms with Crippen molar-refractivity contribution in [2.45, 2.75) is 24.7 Å². The SMILES string of the molecule is O=C(O)Cn1nnnc1SCCCn1ccnc1. The Morgan fingerprint density at radius 2 is 2.39 bits per heavy atom. The Hall–Kier alpha value is -1.90. The van der Waals surface area contributed by atoms with E-state index in [1.165, 1.54) is 16.4 Å². The van der Waals surface area contributed by atoms with Crippen molar-refractivity contribution in [2.75, 3.05) is 5.75 Å². The van der Waals surface area contributed by atoms with Crippen LogP contribution in [-0.2, 0) is 17.9 Å². The van der Waals surface area contributed by atoms with E-state index in [4.69, 9.17) is 5.11 Å². The number of aromatic nitrogens is 6. The first-order valence-electron chi connectivity index (χ1n) is 5.32. The van der Waals surface area contributed by atoms with Crippen LogP contribution in [0.4, 0.5) is 0 Å². The predicted octanol–water partition coefficient (Wildman–Crippen LogP) is 0.137. The maximum atomic E-state index is 10.6. The maximum absolute atomic E-state index is 10.6. The van der Waals surface area contributed by atoms with Crippen LogP contribution in [-0.4, -0.2) is 46.6 Å². The topological polar surface area (TPSA) is 98.7 Å². The van der Waals surface area contributed by atoms with Gasteiger partial charge in [-0.05, 0) is 16.8 Å². The van der Waals surface area contributed by atoms with Gasteiger partial charge >= 0.3 is 5.97 Å². The van der Waals surface area contributed by atoms with Gasteiger partial charge in [-0.2, -0.15) is 0 Å². The quantitative estimate of drug-likeness (QED) is 0.563. The van der Waals surface area contributed by atoms with Crippen LogP contribution in [0.2, 0.25) is 0 Å². The van der Waals surface area contributed by atoms with Crippen molar-refractivity contribution >= 4 is 17.7 Å². The molecular weight excluding hydrogens is 256 g/mol. The number of hydrogen-bond donors (Lipinski definition) is 1. The fourth-order valence-electron chi connectivity index (χ4n) is 1.36. The van der Waals surface area contributed by atoms with E-state index >= 15 is 0 Å². The Labute approximate surface area is 107 Å². The zero-order valence-corrected chi connectivity index (χ0v) is 10.3. The first-order chi connectivity index (χ1) is 8.75. The number of carboxylic acids is 1. The lowest BCUT2D eigenvalue weighted by Gasteiger charge is -2.02. The van der Waals surface area contributed by atoms with Crippen LogP contribution in [0.1, 0.15) is 6.42 Å². The Bertz CT molecular complexity index is 497. The average molecular weight is 268 g/mol. The number of carboxylic acid groups (broad SMARTS) is 1. The largest absolute Gasteiger partial charge is 0.480 e. The summed E-state index contributed by atoms with van der Waals surface area (Å²) in [5.74, 6) is -0.138. The van der Waals surface area contributed by atoms with Crippen molar-refractivity contribution in [2.24, 2.45) is 0 Å². The molecule has 0 aliphatic carbocycles. The molecule has 0 spiro atoms. The first kappa shape index (κ1) is 12.6. The molecule has 0 aliphatic rings. The number of tetrazole rings is 1. The molecule has 1 N–H and O–H groups in total. The smallest absolute Gasteiger partial charge is 0.325 e. The van der Waals surface area contributed by atoms with Crippen LogP contribution < -0.4 is 0 Å². The molecule has 0 aromatic carbocycles. The molecule has 0 saturated heterocycles. The van der Waals surface area contributed by atoms with Gasteiger partial charge in [0.2, 0.25) is 5.16 Å². The van der Waals surface area contributed by atoms with Crippen molar-refractivity contribution in [3.8, 4) is 0 Å². The van der Waals surface area contributed by atoms with Crippen molar-refractivity contribution in [3.63, 3.8) is 0 Å². The third-order valence-corrected chi connectivity index (χ3v) is 3.18. The molecule has 0 saturated carbocycles. The molecule has 0 fully saturated rings. The Balaban J connectivity index is 1.76. The summed E-state index contributed by atoms with van der Waals surface area (Å²) in [4.78, 5) is 14.5. The summed E-state index contributed by atoms with van der Waals surface area (Å²) in [5, 5.41) is 20.1. The Morgan fingerprint density at radius 3 is 3.11 bits per heavy atom. The molecule has 0 aliphatic heterocycles. The number of thioether (sulfide) groups is 1. The van der Waals surface area contributed by atoms with Gasteiger partial charge in [-0.15, -0.1) is 5.10 Å². The molecule has 0 atom stereocenters. The van der Waals surface area contributed by atoms with Crippen LogP contribution in [0, 0.1) is 0 Å². The predicted molar refractivity (Wildman–Crippen MR) is 63.0 cm³/mol. The highest BCUT2D eigenvalue weighted by molar-refractivity contribution is 7.99. The summed E-state index contributed by atoms with van der Waals surface area (Å²) in [6.07, 6.45) is 6.33. The van der Waals surface area contributed by atoms with Crippen LogP contribution >= 0.6 is 11.8 Å². The molecule has 2 heterocycles. The van der Waals surface area contributed by atoms with Gasteiger partial charge in [-0.25, -0.2) is 9.67 Å². The number of carbonyl (C=O) groups is 1. The molecular formula is C9H12N6O2S. The zero-order valence-electron chi connectivity index (χ0n) is 9.51. The molecule has 0 unspecified atom stereocenters. The lowest BCUT2D eigenvalue weighted by atomic mass is 10.5. The third kappa shape index (κ3) is 3.55. The molecule has 2 aromatic rings. The highest BCUT2D eigenvalue weighted by Gasteiger charge is 2.09. The third-order valence-electron chi connectivity index (χ3n) is 2.14. The minimum Gasteiger partial charge on any atom is -0.480 e. The van der Waals surface area contributed by atoms with Crippen LogP contribution in [0.5, 0.6) is 0 Å². The highest BCUT2D eigenvalue weighted by Crippen LogP contribution is 2.14. The van der Waals surface area contributed by atoms with Gasteiger partial charge in [0, 0.05) is 24.7 Å². The molecule has 18 heavy (non-hydrogen) atoms. The molecule has 0 radical (unpaired) electrons. The molecule has 96 valence electrons. The van der Waals surface area contributed by atoms with Gasteiger partial charge in [0.1, 0.15) is 6.54 Å². The van der Waals surface area contributed by atoms with E-state index in [9.17, 15) is 4.79 Å². The van der Waals surface area contributed by atoms with E-state index in [0.29, 0.717) is 5.16 Å². The van der Waals surface area contributed by atoms with Crippen LogP contribution in [0.3, 0.4) is 0 Å². The van der Waals surface area contributed by atoms with Crippen molar-refractivity contribution < 1.29 is 9.90 Å². The number of nitrogens with zero attached hydrogens (tertiary/aromatic N) is 6. The molecule has 2 aromatic heterocycles. The molecule has 8 nitrogen and oxygen atoms in total. The average Bonchev–Trinajstić information content (AvgIpc) is 2.95. The van der Waals surface area contributed by atoms with Gasteiger partial charge in [-0.3, -0.25) is 4.79 Å². The highest BCUT2D eigenvalue weighted by atomic mass is 32.2. The van der Waals surface area contributed by atoms with Crippen molar-refractivity contribution in [3.05, 3.63) is 18.7 Å². The fourth-order valence-corrected chi connectivity index (χ4v) is 2.16. The number of rotatable bonds is 7. The Morgan fingerprint density at radius 1 is 1.50 bits per heavy atom. The second kappa shape index (κ2) is 6.15. The summed E-state index contributed by atoms with van der Waals surface area (Å²) >= 11 is 1.45. The summed E-state index contributed by atoms with van der Waals surface area (Å²) in [7, 11) is 0. The standard InChI is InChI=1S/C9H12N6O2S/c16-8(17)6-15-9(11-12-13-15)18-5-1-3-14-4-2-10-7-14/h2,4,7H,1,3,5-6H2,(H,16,17). The normalized spacial score (nSPS) is 10.7. The summed E-state index contributed by atoms with van der Waals surface area (Å²) in [6, 6.07) is 0.